The van der Waals surface area contributed by atoms with E-state index in [-0.39, 0.29) is 6.54 Å². The summed E-state index contributed by atoms with van der Waals surface area (Å²) >= 11 is 0. The van der Waals surface area contributed by atoms with Gasteiger partial charge in [0.2, 0.25) is 0 Å². The van der Waals surface area contributed by atoms with Crippen LogP contribution in [0.3, 0.4) is 0 Å². The van der Waals surface area contributed by atoms with E-state index < -0.39 is 11.8 Å². The summed E-state index contributed by atoms with van der Waals surface area (Å²) in [5.74, 6) is 1.15. The van der Waals surface area contributed by atoms with Gasteiger partial charge < -0.3 is 24.3 Å². The number of aryl methyl sites for hydroxylation is 1. The number of nitrogens with zero attached hydrogens (tertiary/aromatic N) is 1. The highest BCUT2D eigenvalue weighted by atomic mass is 16.5. The van der Waals surface area contributed by atoms with Crippen molar-refractivity contribution in [2.45, 2.75) is 13.5 Å². The van der Waals surface area contributed by atoms with Gasteiger partial charge in [-0.15, -0.1) is 0 Å². The smallest absolute Gasteiger partial charge is 0.259 e. The summed E-state index contributed by atoms with van der Waals surface area (Å²) in [6.45, 7) is 2.19. The molecule has 36 heavy (non-hydrogen) atoms. The third-order valence-corrected chi connectivity index (χ3v) is 5.12. The lowest BCUT2D eigenvalue weighted by Crippen LogP contribution is -2.34. The lowest BCUT2D eigenvalue weighted by atomic mass is 10.1. The van der Waals surface area contributed by atoms with Crippen LogP contribution in [0.4, 0.5) is 0 Å². The number of hydrazone groups is 1. The number of nitrogens with one attached hydrogen (secondary N) is 2. The van der Waals surface area contributed by atoms with Crippen molar-refractivity contribution in [2.24, 2.45) is 5.10 Å². The van der Waals surface area contributed by atoms with E-state index in [1.807, 2.05) is 25.1 Å². The van der Waals surface area contributed by atoms with E-state index in [2.05, 4.69) is 21.9 Å². The number of methoxy groups -OCH3 is 3. The molecule has 0 bridgehead atoms. The zero-order chi connectivity index (χ0) is 25.9. The van der Waals surface area contributed by atoms with Crippen molar-refractivity contribution < 1.29 is 28.5 Å². The number of carbonyl (C=O) groups is 2. The summed E-state index contributed by atoms with van der Waals surface area (Å²) in [5, 5.41) is 6.48. The van der Waals surface area contributed by atoms with E-state index in [1.54, 1.807) is 37.4 Å². The van der Waals surface area contributed by atoms with Gasteiger partial charge in [0.05, 0.1) is 34.1 Å². The van der Waals surface area contributed by atoms with Crippen LogP contribution in [-0.4, -0.2) is 45.9 Å². The van der Waals surface area contributed by atoms with Crippen LogP contribution in [0.5, 0.6) is 23.0 Å². The van der Waals surface area contributed by atoms with Gasteiger partial charge in [-0.25, -0.2) is 5.43 Å². The van der Waals surface area contributed by atoms with Gasteiger partial charge in [-0.2, -0.15) is 5.10 Å². The highest BCUT2D eigenvalue weighted by molar-refractivity contribution is 5.97. The minimum absolute atomic E-state index is 0.250. The van der Waals surface area contributed by atoms with Crippen LogP contribution < -0.4 is 29.7 Å². The van der Waals surface area contributed by atoms with Crippen LogP contribution in [0.15, 0.2) is 65.8 Å². The Bertz CT molecular complexity index is 1240. The molecule has 0 atom stereocenters. The van der Waals surface area contributed by atoms with Crippen LogP contribution in [-0.2, 0) is 11.4 Å². The second kappa shape index (κ2) is 12.8. The number of benzene rings is 3. The third kappa shape index (κ3) is 7.23. The summed E-state index contributed by atoms with van der Waals surface area (Å²) in [5.41, 5.74) is 5.64. The first-order chi connectivity index (χ1) is 17.4. The van der Waals surface area contributed by atoms with Gasteiger partial charge in [-0.05, 0) is 54.4 Å². The first-order valence-electron chi connectivity index (χ1n) is 11.1. The monoisotopic (exact) mass is 491 g/mol. The van der Waals surface area contributed by atoms with Crippen LogP contribution in [0.2, 0.25) is 0 Å². The molecular weight excluding hydrogens is 462 g/mol. The van der Waals surface area contributed by atoms with Gasteiger partial charge in [0.25, 0.3) is 11.8 Å². The van der Waals surface area contributed by atoms with Crippen molar-refractivity contribution in [1.29, 1.82) is 0 Å². The number of ether oxygens (including phenoxy) is 4. The third-order valence-electron chi connectivity index (χ3n) is 5.12. The topological polar surface area (TPSA) is 107 Å². The number of rotatable bonds is 11. The van der Waals surface area contributed by atoms with Crippen LogP contribution >= 0.6 is 0 Å². The number of hydrogen-bond donors (Lipinski definition) is 2. The Hall–Kier alpha value is -4.53. The summed E-state index contributed by atoms with van der Waals surface area (Å²) in [4.78, 5) is 24.4. The lowest BCUT2D eigenvalue weighted by Gasteiger charge is -2.11. The molecule has 0 aliphatic rings. The molecule has 3 aromatic rings. The van der Waals surface area contributed by atoms with Crippen molar-refractivity contribution >= 4 is 18.0 Å². The van der Waals surface area contributed by atoms with Crippen molar-refractivity contribution in [3.63, 3.8) is 0 Å². The second-order valence-corrected chi connectivity index (χ2v) is 7.73. The zero-order valence-electron chi connectivity index (χ0n) is 20.7. The molecule has 0 radical (unpaired) electrons. The van der Waals surface area contributed by atoms with Gasteiger partial charge in [0.1, 0.15) is 6.61 Å². The maximum absolute atomic E-state index is 12.3. The zero-order valence-corrected chi connectivity index (χ0v) is 20.7. The molecule has 0 aromatic heterocycles. The Balaban J connectivity index is 1.51. The van der Waals surface area contributed by atoms with Gasteiger partial charge in [-0.1, -0.05) is 29.8 Å². The van der Waals surface area contributed by atoms with Crippen molar-refractivity contribution in [2.75, 3.05) is 27.9 Å². The normalized spacial score (nSPS) is 10.6. The molecular formula is C27H29N3O6. The summed E-state index contributed by atoms with van der Waals surface area (Å²) in [6, 6.07) is 18.1. The Labute approximate surface area is 210 Å². The highest BCUT2D eigenvalue weighted by Gasteiger charge is 2.12. The average molecular weight is 492 g/mol. The molecule has 0 fully saturated rings. The van der Waals surface area contributed by atoms with Gasteiger partial charge >= 0.3 is 0 Å². The molecule has 9 heteroatoms. The molecule has 9 nitrogen and oxygen atoms in total. The molecule has 0 heterocycles. The molecule has 0 aliphatic carbocycles. The van der Waals surface area contributed by atoms with Crippen LogP contribution in [0, 0.1) is 6.92 Å². The van der Waals surface area contributed by atoms with E-state index in [9.17, 15) is 9.59 Å². The van der Waals surface area contributed by atoms with Gasteiger partial charge in [0.15, 0.2) is 23.0 Å². The fourth-order valence-electron chi connectivity index (χ4n) is 3.31. The minimum Gasteiger partial charge on any atom is -0.493 e. The quantitative estimate of drug-likeness (QED) is 0.314. The minimum atomic E-state index is -0.481. The first kappa shape index (κ1) is 26.1. The molecule has 3 aromatic carbocycles. The molecule has 2 amide bonds. The van der Waals surface area contributed by atoms with Crippen molar-refractivity contribution in [1.82, 2.24) is 10.7 Å². The summed E-state index contributed by atoms with van der Waals surface area (Å²) < 4.78 is 21.7. The molecule has 188 valence electrons. The maximum Gasteiger partial charge on any atom is 0.259 e. The lowest BCUT2D eigenvalue weighted by molar-refractivity contribution is -0.120. The molecule has 0 aliphatic heterocycles. The van der Waals surface area contributed by atoms with Crippen LogP contribution in [0.1, 0.15) is 27.0 Å². The molecule has 3 rings (SSSR count). The highest BCUT2D eigenvalue weighted by Crippen LogP contribution is 2.29. The van der Waals surface area contributed by atoms with E-state index in [0.29, 0.717) is 40.7 Å². The number of amides is 2. The molecule has 0 saturated carbocycles. The Kier molecular flexibility index (Phi) is 9.27. The molecule has 0 unspecified atom stereocenters. The molecule has 0 spiro atoms. The first-order valence-corrected chi connectivity index (χ1v) is 11.1. The van der Waals surface area contributed by atoms with E-state index >= 15 is 0 Å². The fraction of sp³-hybridized carbons (Fsp3) is 0.222. The van der Waals surface area contributed by atoms with E-state index in [0.717, 1.165) is 11.1 Å². The Morgan fingerprint density at radius 1 is 0.861 bits per heavy atom. The van der Waals surface area contributed by atoms with Gasteiger partial charge in [0, 0.05) is 5.56 Å². The molecule has 0 saturated heterocycles. The Morgan fingerprint density at radius 2 is 1.58 bits per heavy atom. The largest absolute Gasteiger partial charge is 0.493 e. The predicted octanol–water partition coefficient (Wildman–Crippen LogP) is 3.48. The van der Waals surface area contributed by atoms with Crippen molar-refractivity contribution in [3.8, 4) is 23.0 Å². The van der Waals surface area contributed by atoms with E-state index in [1.165, 1.54) is 26.5 Å². The van der Waals surface area contributed by atoms with E-state index in [4.69, 9.17) is 18.9 Å². The maximum atomic E-state index is 12.3. The second-order valence-electron chi connectivity index (χ2n) is 7.73. The van der Waals surface area contributed by atoms with Crippen molar-refractivity contribution in [3.05, 3.63) is 82.9 Å². The molecule has 2 N–H and O–H groups in total. The standard InChI is InChI=1S/C27H29N3O6/c1-18-6-5-7-20(12-18)17-36-23-10-8-19(13-24(23)34-3)15-29-30-26(31)16-28-27(32)21-9-11-22(33-2)25(14-21)35-4/h5-15H,16-17H2,1-4H3,(H,28,32)(H,30,31)/b29-15-. The Morgan fingerprint density at radius 3 is 2.31 bits per heavy atom. The average Bonchev–Trinajstić information content (AvgIpc) is 2.90. The van der Waals surface area contributed by atoms with Crippen LogP contribution in [0.25, 0.3) is 0 Å². The SMILES string of the molecule is COc1ccc(C(=O)NCC(=O)N/N=C\c2ccc(OCc3cccc(C)c3)c(OC)c2)cc1OC. The fourth-order valence-corrected chi connectivity index (χ4v) is 3.31. The summed E-state index contributed by atoms with van der Waals surface area (Å²) in [7, 11) is 4.54. The number of hydrogen-bond acceptors (Lipinski definition) is 7. The summed E-state index contributed by atoms with van der Waals surface area (Å²) in [6.07, 6.45) is 1.47. The predicted molar refractivity (Wildman–Crippen MR) is 136 cm³/mol. The number of carbonyl (C=O) groups excluding carboxylic acids is 2. The van der Waals surface area contributed by atoms with Gasteiger partial charge in [-0.3, -0.25) is 9.59 Å².